The monoisotopic (exact) mass is 338 g/mol. The van der Waals surface area contributed by atoms with Crippen LogP contribution in [0.4, 0.5) is 0 Å². The molecule has 7 heteroatoms. The molecule has 0 atom stereocenters. The van der Waals surface area contributed by atoms with Gasteiger partial charge in [0, 0.05) is 29.9 Å². The summed E-state index contributed by atoms with van der Waals surface area (Å²) in [5, 5.41) is 12.1. The predicted molar refractivity (Wildman–Crippen MR) is 91.2 cm³/mol. The first-order chi connectivity index (χ1) is 12.0. The Morgan fingerprint density at radius 2 is 2.00 bits per heavy atom. The van der Waals surface area contributed by atoms with Crippen LogP contribution in [-0.4, -0.2) is 25.9 Å². The summed E-state index contributed by atoms with van der Waals surface area (Å²) in [5.74, 6) is 0.153. The topological polar surface area (TPSA) is 83.0 Å². The fourth-order valence-electron chi connectivity index (χ4n) is 2.37. The molecule has 0 amide bonds. The Kier molecular flexibility index (Phi) is 4.74. The third-order valence-electron chi connectivity index (χ3n) is 3.78. The second kappa shape index (κ2) is 7.12. The van der Waals surface area contributed by atoms with Crippen molar-refractivity contribution in [2.75, 3.05) is 0 Å². The molecule has 0 saturated heterocycles. The van der Waals surface area contributed by atoms with Crippen LogP contribution in [-0.2, 0) is 23.2 Å². The minimum absolute atomic E-state index is 0.0754. The molecule has 0 spiro atoms. The predicted octanol–water partition coefficient (Wildman–Crippen LogP) is 2.84. The number of carbonyl (C=O) groups is 1. The molecule has 1 aromatic carbocycles. The van der Waals surface area contributed by atoms with Crippen LogP contribution in [0.3, 0.4) is 0 Å². The van der Waals surface area contributed by atoms with Crippen molar-refractivity contribution in [3.63, 3.8) is 0 Å². The van der Waals surface area contributed by atoms with Crippen LogP contribution in [0, 0.1) is 13.8 Å². The SMILES string of the molecule is Cc1nn(C)c(C)c1/C=C/C(=O)OCc1nnc(-c2ccccc2)o1. The molecular weight excluding hydrogens is 320 g/mol. The van der Waals surface area contributed by atoms with Gasteiger partial charge in [-0.25, -0.2) is 4.79 Å². The highest BCUT2D eigenvalue weighted by molar-refractivity contribution is 5.87. The van der Waals surface area contributed by atoms with Crippen LogP contribution in [0.25, 0.3) is 17.5 Å². The number of hydrogen-bond acceptors (Lipinski definition) is 6. The molecule has 0 bridgehead atoms. The number of benzene rings is 1. The summed E-state index contributed by atoms with van der Waals surface area (Å²) >= 11 is 0. The Morgan fingerprint density at radius 1 is 1.24 bits per heavy atom. The van der Waals surface area contributed by atoms with Crippen molar-refractivity contribution in [1.82, 2.24) is 20.0 Å². The third-order valence-corrected chi connectivity index (χ3v) is 3.78. The zero-order valence-corrected chi connectivity index (χ0v) is 14.3. The van der Waals surface area contributed by atoms with Crippen LogP contribution < -0.4 is 0 Å². The second-order valence-electron chi connectivity index (χ2n) is 5.52. The van der Waals surface area contributed by atoms with Crippen LogP contribution in [0.5, 0.6) is 0 Å². The highest BCUT2D eigenvalue weighted by Crippen LogP contribution is 2.17. The maximum Gasteiger partial charge on any atom is 0.331 e. The van der Waals surface area contributed by atoms with Gasteiger partial charge >= 0.3 is 5.97 Å². The summed E-state index contributed by atoms with van der Waals surface area (Å²) in [6.07, 6.45) is 3.06. The maximum atomic E-state index is 11.9. The summed E-state index contributed by atoms with van der Waals surface area (Å²) < 4.78 is 12.4. The molecule has 3 rings (SSSR count). The smallest absolute Gasteiger partial charge is 0.331 e. The summed E-state index contributed by atoms with van der Waals surface area (Å²) in [6, 6.07) is 9.40. The normalized spacial score (nSPS) is 11.2. The number of hydrogen-bond donors (Lipinski definition) is 0. The number of rotatable bonds is 5. The van der Waals surface area contributed by atoms with Gasteiger partial charge < -0.3 is 9.15 Å². The number of esters is 1. The van der Waals surface area contributed by atoms with Crippen molar-refractivity contribution < 1.29 is 13.9 Å². The average Bonchev–Trinajstić information content (AvgIpc) is 3.18. The van der Waals surface area contributed by atoms with E-state index in [-0.39, 0.29) is 12.5 Å². The molecular formula is C18H18N4O3. The third kappa shape index (κ3) is 3.82. The standard InChI is InChI=1S/C18H18N4O3/c1-12-15(13(2)22(3)21-12)9-10-17(23)24-11-16-19-20-18(25-16)14-7-5-4-6-8-14/h4-10H,11H2,1-3H3/b10-9+. The lowest BCUT2D eigenvalue weighted by Crippen LogP contribution is -2.01. The molecule has 0 saturated carbocycles. The van der Waals surface area contributed by atoms with Crippen molar-refractivity contribution >= 4 is 12.0 Å². The van der Waals surface area contributed by atoms with E-state index in [2.05, 4.69) is 15.3 Å². The molecule has 0 unspecified atom stereocenters. The number of aromatic nitrogens is 4. The van der Waals surface area contributed by atoms with Gasteiger partial charge in [-0.15, -0.1) is 10.2 Å². The largest absolute Gasteiger partial charge is 0.452 e. The molecule has 0 aliphatic rings. The molecule has 0 aliphatic heterocycles. The molecule has 0 fully saturated rings. The van der Waals surface area contributed by atoms with E-state index in [0.717, 1.165) is 22.5 Å². The molecule has 0 N–H and O–H groups in total. The van der Waals surface area contributed by atoms with Crippen LogP contribution >= 0.6 is 0 Å². The molecule has 2 heterocycles. The van der Waals surface area contributed by atoms with Gasteiger partial charge in [-0.2, -0.15) is 5.10 Å². The lowest BCUT2D eigenvalue weighted by Gasteiger charge is -1.98. The molecule has 7 nitrogen and oxygen atoms in total. The molecule has 128 valence electrons. The maximum absolute atomic E-state index is 11.9. The first-order valence-electron chi connectivity index (χ1n) is 7.77. The quantitative estimate of drug-likeness (QED) is 0.525. The van der Waals surface area contributed by atoms with Gasteiger partial charge in [0.05, 0.1) is 5.69 Å². The van der Waals surface area contributed by atoms with E-state index in [1.165, 1.54) is 6.08 Å². The highest BCUT2D eigenvalue weighted by Gasteiger charge is 2.10. The molecule has 0 radical (unpaired) electrons. The number of ether oxygens (including phenoxy) is 1. The van der Waals surface area contributed by atoms with Gasteiger partial charge in [-0.05, 0) is 32.1 Å². The van der Waals surface area contributed by atoms with E-state index in [4.69, 9.17) is 9.15 Å². The Labute approximate surface area is 144 Å². The van der Waals surface area contributed by atoms with Crippen molar-refractivity contribution in [3.8, 4) is 11.5 Å². The first kappa shape index (κ1) is 16.6. The van der Waals surface area contributed by atoms with E-state index < -0.39 is 5.97 Å². The number of carbonyl (C=O) groups excluding carboxylic acids is 1. The van der Waals surface area contributed by atoms with Crippen molar-refractivity contribution in [1.29, 1.82) is 0 Å². The van der Waals surface area contributed by atoms with Crippen LogP contribution in [0.2, 0.25) is 0 Å². The molecule has 25 heavy (non-hydrogen) atoms. The van der Waals surface area contributed by atoms with Crippen molar-refractivity contribution in [3.05, 3.63) is 59.2 Å². The number of nitrogens with zero attached hydrogens (tertiary/aromatic N) is 4. The van der Waals surface area contributed by atoms with E-state index in [1.54, 1.807) is 10.8 Å². The van der Waals surface area contributed by atoms with Crippen molar-refractivity contribution in [2.45, 2.75) is 20.5 Å². The van der Waals surface area contributed by atoms with E-state index in [0.29, 0.717) is 5.89 Å². The van der Waals surface area contributed by atoms with Crippen LogP contribution in [0.1, 0.15) is 22.8 Å². The highest BCUT2D eigenvalue weighted by atomic mass is 16.5. The summed E-state index contributed by atoms with van der Waals surface area (Å²) in [5.41, 5.74) is 3.55. The lowest BCUT2D eigenvalue weighted by atomic mass is 10.2. The zero-order valence-electron chi connectivity index (χ0n) is 14.3. The summed E-state index contributed by atoms with van der Waals surface area (Å²) in [6.45, 7) is 3.75. The Bertz CT molecular complexity index is 910. The lowest BCUT2D eigenvalue weighted by molar-refractivity contribution is -0.139. The van der Waals surface area contributed by atoms with Gasteiger partial charge in [0.2, 0.25) is 5.89 Å². The van der Waals surface area contributed by atoms with Crippen LogP contribution in [0.15, 0.2) is 40.8 Å². The van der Waals surface area contributed by atoms with Gasteiger partial charge in [-0.1, -0.05) is 18.2 Å². The van der Waals surface area contributed by atoms with E-state index >= 15 is 0 Å². The minimum Gasteiger partial charge on any atom is -0.452 e. The fourth-order valence-corrected chi connectivity index (χ4v) is 2.37. The summed E-state index contributed by atoms with van der Waals surface area (Å²) in [4.78, 5) is 11.9. The van der Waals surface area contributed by atoms with Gasteiger partial charge in [0.25, 0.3) is 5.89 Å². The Morgan fingerprint density at radius 3 is 2.68 bits per heavy atom. The van der Waals surface area contributed by atoms with Crippen molar-refractivity contribution in [2.24, 2.45) is 7.05 Å². The average molecular weight is 338 g/mol. The van der Waals surface area contributed by atoms with E-state index in [1.807, 2.05) is 51.2 Å². The number of aryl methyl sites for hydroxylation is 2. The Balaban J connectivity index is 1.59. The van der Waals surface area contributed by atoms with Gasteiger partial charge in [-0.3, -0.25) is 4.68 Å². The fraction of sp³-hybridized carbons (Fsp3) is 0.222. The Hall–Kier alpha value is -3.22. The van der Waals surface area contributed by atoms with Gasteiger partial charge in [0.15, 0.2) is 6.61 Å². The molecule has 0 aliphatic carbocycles. The zero-order chi connectivity index (χ0) is 17.8. The van der Waals surface area contributed by atoms with E-state index in [9.17, 15) is 4.79 Å². The molecule has 2 aromatic heterocycles. The first-order valence-corrected chi connectivity index (χ1v) is 7.77. The van der Waals surface area contributed by atoms with Gasteiger partial charge in [0.1, 0.15) is 0 Å². The minimum atomic E-state index is -0.484. The summed E-state index contributed by atoms with van der Waals surface area (Å²) in [7, 11) is 1.86. The molecule has 3 aromatic rings. The second-order valence-corrected chi connectivity index (χ2v) is 5.52.